The van der Waals surface area contributed by atoms with E-state index in [4.69, 9.17) is 9.84 Å². The minimum Gasteiger partial charge on any atom is -0.492 e. The number of aliphatic hydroxyl groups excluding tert-OH is 1. The molecular weight excluding hydrogens is 250 g/mol. The molecule has 1 saturated carbocycles. The van der Waals surface area contributed by atoms with Crippen LogP contribution < -0.4 is 4.74 Å². The summed E-state index contributed by atoms with van der Waals surface area (Å²) in [6.45, 7) is 3.80. The molecule has 0 heterocycles. The fraction of sp³-hybridized carbons (Fsp3) is 0.529. The van der Waals surface area contributed by atoms with Crippen LogP contribution in [0.25, 0.3) is 0 Å². The Balaban J connectivity index is 1.78. The molecule has 108 valence electrons. The first-order valence-electron chi connectivity index (χ1n) is 7.23. The van der Waals surface area contributed by atoms with Crippen molar-refractivity contribution in [2.24, 2.45) is 5.92 Å². The Morgan fingerprint density at radius 1 is 1.45 bits per heavy atom. The normalized spacial score (nSPS) is 15.6. The van der Waals surface area contributed by atoms with Gasteiger partial charge in [0.25, 0.3) is 0 Å². The van der Waals surface area contributed by atoms with Crippen molar-refractivity contribution in [1.29, 1.82) is 0 Å². The zero-order valence-electron chi connectivity index (χ0n) is 12.3. The van der Waals surface area contributed by atoms with Crippen LogP contribution in [0.1, 0.15) is 25.3 Å². The van der Waals surface area contributed by atoms with E-state index in [1.807, 2.05) is 24.3 Å². The van der Waals surface area contributed by atoms with Crippen molar-refractivity contribution in [2.75, 3.05) is 26.8 Å². The Hall–Kier alpha value is -1.50. The number of hydrogen-bond acceptors (Lipinski definition) is 3. The van der Waals surface area contributed by atoms with E-state index < -0.39 is 0 Å². The molecule has 1 fully saturated rings. The summed E-state index contributed by atoms with van der Waals surface area (Å²) in [5.41, 5.74) is 0.872. The highest BCUT2D eigenvalue weighted by Crippen LogP contribution is 2.34. The molecule has 1 aliphatic carbocycles. The largest absolute Gasteiger partial charge is 0.492 e. The molecular formula is C17H23NO2. The van der Waals surface area contributed by atoms with Gasteiger partial charge in [0.15, 0.2) is 0 Å². The third kappa shape index (κ3) is 4.56. The summed E-state index contributed by atoms with van der Waals surface area (Å²) in [7, 11) is 2.16. The van der Waals surface area contributed by atoms with Crippen LogP contribution in [0.5, 0.6) is 5.75 Å². The average molecular weight is 273 g/mol. The molecule has 1 N–H and O–H groups in total. The molecule has 1 aliphatic rings. The predicted octanol–water partition coefficient (Wildman–Crippen LogP) is 2.14. The Kier molecular flexibility index (Phi) is 5.46. The fourth-order valence-corrected chi connectivity index (χ4v) is 2.25. The van der Waals surface area contributed by atoms with Crippen molar-refractivity contribution >= 4 is 0 Å². The van der Waals surface area contributed by atoms with Crippen LogP contribution in [-0.4, -0.2) is 42.9 Å². The smallest absolute Gasteiger partial charge is 0.120 e. The highest BCUT2D eigenvalue weighted by Gasteiger charge is 2.30. The van der Waals surface area contributed by atoms with Gasteiger partial charge in [-0.15, -0.1) is 0 Å². The van der Waals surface area contributed by atoms with E-state index in [1.165, 1.54) is 12.8 Å². The van der Waals surface area contributed by atoms with Gasteiger partial charge >= 0.3 is 0 Å². The lowest BCUT2D eigenvalue weighted by molar-refractivity contribution is 0.186. The molecule has 3 heteroatoms. The quantitative estimate of drug-likeness (QED) is 0.806. The van der Waals surface area contributed by atoms with Gasteiger partial charge < -0.3 is 14.7 Å². The van der Waals surface area contributed by atoms with Gasteiger partial charge in [0.2, 0.25) is 0 Å². The number of benzene rings is 1. The molecule has 1 atom stereocenters. The number of aliphatic hydroxyl groups is 1. The van der Waals surface area contributed by atoms with Crippen molar-refractivity contribution in [1.82, 2.24) is 4.90 Å². The maximum absolute atomic E-state index is 8.69. The van der Waals surface area contributed by atoms with Crippen LogP contribution in [0.15, 0.2) is 24.3 Å². The molecule has 0 amide bonds. The highest BCUT2D eigenvalue weighted by molar-refractivity contribution is 5.39. The lowest BCUT2D eigenvalue weighted by atomic mass is 10.2. The lowest BCUT2D eigenvalue weighted by Crippen LogP contribution is -2.34. The predicted molar refractivity (Wildman–Crippen MR) is 80.7 cm³/mol. The summed E-state index contributed by atoms with van der Waals surface area (Å²) >= 11 is 0. The number of ether oxygens (including phenoxy) is 1. The molecule has 1 aromatic carbocycles. The Labute approximate surface area is 121 Å². The van der Waals surface area contributed by atoms with Gasteiger partial charge in [-0.05, 0) is 50.9 Å². The summed E-state index contributed by atoms with van der Waals surface area (Å²) in [6.07, 6.45) is 2.75. The van der Waals surface area contributed by atoms with E-state index in [2.05, 4.69) is 30.7 Å². The molecule has 2 rings (SSSR count). The second-order valence-corrected chi connectivity index (χ2v) is 5.39. The molecule has 20 heavy (non-hydrogen) atoms. The van der Waals surface area contributed by atoms with Gasteiger partial charge in [0.1, 0.15) is 19.0 Å². The van der Waals surface area contributed by atoms with Crippen LogP contribution in [-0.2, 0) is 0 Å². The third-order valence-electron chi connectivity index (χ3n) is 3.86. The van der Waals surface area contributed by atoms with E-state index in [-0.39, 0.29) is 6.61 Å². The maximum Gasteiger partial charge on any atom is 0.120 e. The number of nitrogens with zero attached hydrogens (tertiary/aromatic N) is 1. The summed E-state index contributed by atoms with van der Waals surface area (Å²) < 4.78 is 5.78. The van der Waals surface area contributed by atoms with Crippen LogP contribution >= 0.6 is 0 Å². The van der Waals surface area contributed by atoms with Gasteiger partial charge in [0.05, 0.1) is 0 Å². The molecule has 0 aromatic heterocycles. The first-order chi connectivity index (χ1) is 9.70. The Morgan fingerprint density at radius 2 is 2.25 bits per heavy atom. The summed E-state index contributed by atoms with van der Waals surface area (Å²) in [4.78, 5) is 2.37. The number of likely N-dealkylation sites (N-methyl/N-ethyl adjacent to an activating group) is 1. The van der Waals surface area contributed by atoms with Crippen LogP contribution in [0, 0.1) is 17.8 Å². The lowest BCUT2D eigenvalue weighted by Gasteiger charge is -2.24. The Morgan fingerprint density at radius 3 is 2.95 bits per heavy atom. The van der Waals surface area contributed by atoms with Crippen molar-refractivity contribution in [3.63, 3.8) is 0 Å². The molecule has 0 bridgehead atoms. The molecule has 0 spiro atoms. The minimum absolute atomic E-state index is 0.116. The first kappa shape index (κ1) is 14.9. The van der Waals surface area contributed by atoms with Gasteiger partial charge in [0, 0.05) is 18.2 Å². The fourth-order valence-electron chi connectivity index (χ4n) is 2.25. The van der Waals surface area contributed by atoms with E-state index >= 15 is 0 Å². The highest BCUT2D eigenvalue weighted by atomic mass is 16.5. The van der Waals surface area contributed by atoms with E-state index in [0.717, 1.165) is 23.8 Å². The zero-order chi connectivity index (χ0) is 14.4. The van der Waals surface area contributed by atoms with E-state index in [9.17, 15) is 0 Å². The van der Waals surface area contributed by atoms with Gasteiger partial charge in [-0.3, -0.25) is 0 Å². The molecule has 3 nitrogen and oxygen atoms in total. The van der Waals surface area contributed by atoms with Gasteiger partial charge in [-0.25, -0.2) is 0 Å². The van der Waals surface area contributed by atoms with Crippen molar-refractivity contribution in [3.05, 3.63) is 29.8 Å². The molecule has 0 aliphatic heterocycles. The maximum atomic E-state index is 8.69. The third-order valence-corrected chi connectivity index (χ3v) is 3.86. The number of rotatable bonds is 6. The SMILES string of the molecule is CC(C1CC1)N(C)CCOc1cccc(C#CCO)c1. The van der Waals surface area contributed by atoms with Crippen LogP contribution in [0.3, 0.4) is 0 Å². The molecule has 1 unspecified atom stereocenters. The van der Waals surface area contributed by atoms with Crippen molar-refractivity contribution < 1.29 is 9.84 Å². The second-order valence-electron chi connectivity index (χ2n) is 5.39. The Bertz CT molecular complexity index is 485. The first-order valence-corrected chi connectivity index (χ1v) is 7.23. The summed E-state index contributed by atoms with van der Waals surface area (Å²) in [6, 6.07) is 8.34. The average Bonchev–Trinajstić information content (AvgIpc) is 3.29. The summed E-state index contributed by atoms with van der Waals surface area (Å²) in [5.74, 6) is 7.25. The molecule has 1 aromatic rings. The van der Waals surface area contributed by atoms with Crippen LogP contribution in [0.4, 0.5) is 0 Å². The monoisotopic (exact) mass is 273 g/mol. The zero-order valence-corrected chi connectivity index (χ0v) is 12.3. The summed E-state index contributed by atoms with van der Waals surface area (Å²) in [5, 5.41) is 8.69. The van der Waals surface area contributed by atoms with E-state index in [1.54, 1.807) is 0 Å². The van der Waals surface area contributed by atoms with Gasteiger partial charge in [-0.1, -0.05) is 17.9 Å². The molecule has 0 radical (unpaired) electrons. The molecule has 0 saturated heterocycles. The van der Waals surface area contributed by atoms with Gasteiger partial charge in [-0.2, -0.15) is 0 Å². The van der Waals surface area contributed by atoms with Crippen molar-refractivity contribution in [2.45, 2.75) is 25.8 Å². The van der Waals surface area contributed by atoms with Crippen LogP contribution in [0.2, 0.25) is 0 Å². The second kappa shape index (κ2) is 7.33. The van der Waals surface area contributed by atoms with Crippen molar-refractivity contribution in [3.8, 4) is 17.6 Å². The standard InChI is InChI=1S/C17H23NO2/c1-14(16-8-9-16)18(2)10-12-20-17-7-3-5-15(13-17)6-4-11-19/h3,5,7,13-14,16,19H,8-12H2,1-2H3. The van der Waals surface area contributed by atoms with E-state index in [0.29, 0.717) is 12.6 Å². The number of hydrogen-bond donors (Lipinski definition) is 1. The minimum atomic E-state index is -0.116. The topological polar surface area (TPSA) is 32.7 Å².